The first-order valence-electron chi connectivity index (χ1n) is 6.44. The number of hydrazone groups is 1. The zero-order valence-corrected chi connectivity index (χ0v) is 11.6. The Labute approximate surface area is 122 Å². The van der Waals surface area contributed by atoms with Gasteiger partial charge in [-0.15, -0.1) is 0 Å². The summed E-state index contributed by atoms with van der Waals surface area (Å²) in [7, 11) is 0. The first-order chi connectivity index (χ1) is 10.1. The summed E-state index contributed by atoms with van der Waals surface area (Å²) in [6.07, 6.45) is 1.37. The molecule has 5 heteroatoms. The normalized spacial score (nSPS) is 10.5. The highest BCUT2D eigenvalue weighted by molar-refractivity contribution is 5.85. The lowest BCUT2D eigenvalue weighted by Gasteiger charge is -2.05. The molecule has 0 aliphatic rings. The number of ether oxygens (including phenoxy) is 1. The molecule has 0 fully saturated rings. The summed E-state index contributed by atoms with van der Waals surface area (Å²) in [5, 5.41) is 13.3. The van der Waals surface area contributed by atoms with Gasteiger partial charge in [-0.3, -0.25) is 4.79 Å². The topological polar surface area (TPSA) is 70.9 Å². The van der Waals surface area contributed by atoms with E-state index in [1.807, 2.05) is 25.1 Å². The monoisotopic (exact) mass is 284 g/mol. The molecule has 1 amide bonds. The highest BCUT2D eigenvalue weighted by Crippen LogP contribution is 2.13. The summed E-state index contributed by atoms with van der Waals surface area (Å²) in [4.78, 5) is 11.6. The van der Waals surface area contributed by atoms with Crippen LogP contribution < -0.4 is 10.2 Å². The second kappa shape index (κ2) is 7.09. The maximum absolute atomic E-state index is 11.6. The molecule has 0 aliphatic heterocycles. The van der Waals surface area contributed by atoms with Crippen LogP contribution in [0.1, 0.15) is 11.1 Å². The number of para-hydroxylation sites is 1. The van der Waals surface area contributed by atoms with Gasteiger partial charge in [-0.1, -0.05) is 24.3 Å². The van der Waals surface area contributed by atoms with Gasteiger partial charge in [-0.25, -0.2) is 5.43 Å². The first-order valence-corrected chi connectivity index (χ1v) is 6.44. The van der Waals surface area contributed by atoms with E-state index in [2.05, 4.69) is 10.5 Å². The summed E-state index contributed by atoms with van der Waals surface area (Å²) in [6, 6.07) is 14.1. The Morgan fingerprint density at radius 3 is 2.86 bits per heavy atom. The van der Waals surface area contributed by atoms with Gasteiger partial charge in [0.15, 0.2) is 6.61 Å². The molecular formula is C16H16N2O3. The van der Waals surface area contributed by atoms with Gasteiger partial charge in [0.1, 0.15) is 11.5 Å². The van der Waals surface area contributed by atoms with Crippen LogP contribution in [0.3, 0.4) is 0 Å². The minimum Gasteiger partial charge on any atom is -0.507 e. The molecule has 21 heavy (non-hydrogen) atoms. The van der Waals surface area contributed by atoms with E-state index < -0.39 is 0 Å². The number of hydrogen-bond acceptors (Lipinski definition) is 4. The van der Waals surface area contributed by atoms with Crippen LogP contribution in [-0.2, 0) is 4.79 Å². The van der Waals surface area contributed by atoms with Crippen molar-refractivity contribution in [1.29, 1.82) is 0 Å². The summed E-state index contributed by atoms with van der Waals surface area (Å²) in [5.41, 5.74) is 3.92. The van der Waals surface area contributed by atoms with Crippen LogP contribution in [0.5, 0.6) is 11.5 Å². The molecule has 0 spiro atoms. The van der Waals surface area contributed by atoms with Gasteiger partial charge in [0, 0.05) is 5.56 Å². The largest absolute Gasteiger partial charge is 0.507 e. The Kier molecular flexibility index (Phi) is 4.93. The van der Waals surface area contributed by atoms with E-state index in [4.69, 9.17) is 4.74 Å². The van der Waals surface area contributed by atoms with Gasteiger partial charge in [0.2, 0.25) is 0 Å². The van der Waals surface area contributed by atoms with E-state index in [9.17, 15) is 9.90 Å². The fraction of sp³-hybridized carbons (Fsp3) is 0.125. The van der Waals surface area contributed by atoms with Gasteiger partial charge in [0.05, 0.1) is 6.21 Å². The third-order valence-electron chi connectivity index (χ3n) is 2.69. The molecule has 2 aromatic carbocycles. The van der Waals surface area contributed by atoms with E-state index in [-0.39, 0.29) is 18.3 Å². The molecule has 0 saturated heterocycles. The third-order valence-corrected chi connectivity index (χ3v) is 2.69. The minimum absolute atomic E-state index is 0.103. The van der Waals surface area contributed by atoms with Crippen LogP contribution in [0.25, 0.3) is 0 Å². The number of aryl methyl sites for hydroxylation is 1. The lowest BCUT2D eigenvalue weighted by Crippen LogP contribution is -2.24. The molecule has 2 N–H and O–H groups in total. The highest BCUT2D eigenvalue weighted by atomic mass is 16.5. The van der Waals surface area contributed by atoms with E-state index in [1.165, 1.54) is 6.21 Å². The van der Waals surface area contributed by atoms with Gasteiger partial charge in [-0.05, 0) is 36.8 Å². The summed E-state index contributed by atoms with van der Waals surface area (Å²) >= 11 is 0. The zero-order valence-electron chi connectivity index (χ0n) is 11.6. The van der Waals surface area contributed by atoms with Crippen molar-refractivity contribution in [2.75, 3.05) is 6.61 Å². The van der Waals surface area contributed by atoms with Crippen molar-refractivity contribution in [3.05, 3.63) is 59.7 Å². The molecule has 5 nitrogen and oxygen atoms in total. The van der Waals surface area contributed by atoms with E-state index >= 15 is 0 Å². The van der Waals surface area contributed by atoms with Crippen molar-refractivity contribution in [2.45, 2.75) is 6.92 Å². The molecule has 0 radical (unpaired) electrons. The smallest absolute Gasteiger partial charge is 0.277 e. The number of rotatable bonds is 5. The molecule has 0 aliphatic carbocycles. The second-order valence-electron chi connectivity index (χ2n) is 4.46. The molecule has 0 aromatic heterocycles. The molecular weight excluding hydrogens is 268 g/mol. The quantitative estimate of drug-likeness (QED) is 0.653. The van der Waals surface area contributed by atoms with Gasteiger partial charge < -0.3 is 9.84 Å². The lowest BCUT2D eigenvalue weighted by molar-refractivity contribution is -0.123. The molecule has 0 saturated carbocycles. The Morgan fingerprint density at radius 1 is 1.29 bits per heavy atom. The standard InChI is InChI=1S/C16H16N2O3/c1-12-5-4-7-14(9-12)21-11-16(20)18-17-10-13-6-2-3-8-15(13)19/h2-10,19H,11H2,1H3,(H,18,20). The zero-order chi connectivity index (χ0) is 15.1. The third kappa shape index (κ3) is 4.65. The predicted octanol–water partition coefficient (Wildman–Crippen LogP) is 2.23. The Balaban J connectivity index is 1.81. The van der Waals surface area contributed by atoms with E-state index in [1.54, 1.807) is 30.3 Å². The number of aromatic hydroxyl groups is 1. The first kappa shape index (κ1) is 14.6. The Hall–Kier alpha value is -2.82. The van der Waals surface area contributed by atoms with Crippen LogP contribution in [0, 0.1) is 6.92 Å². The summed E-state index contributed by atoms with van der Waals surface area (Å²) < 4.78 is 5.34. The molecule has 108 valence electrons. The fourth-order valence-electron chi connectivity index (χ4n) is 1.66. The average molecular weight is 284 g/mol. The Morgan fingerprint density at radius 2 is 2.10 bits per heavy atom. The maximum Gasteiger partial charge on any atom is 0.277 e. The molecule has 0 unspecified atom stereocenters. The van der Waals surface area contributed by atoms with Crippen LogP contribution in [0.2, 0.25) is 0 Å². The maximum atomic E-state index is 11.6. The van der Waals surface area contributed by atoms with Gasteiger partial charge in [-0.2, -0.15) is 5.10 Å². The number of benzene rings is 2. The van der Waals surface area contributed by atoms with Crippen molar-refractivity contribution in [3.63, 3.8) is 0 Å². The number of hydrogen-bond donors (Lipinski definition) is 2. The average Bonchev–Trinajstić information content (AvgIpc) is 2.47. The molecule has 2 aromatic rings. The van der Waals surface area contributed by atoms with Crippen LogP contribution in [0.4, 0.5) is 0 Å². The number of nitrogens with one attached hydrogen (secondary N) is 1. The predicted molar refractivity (Wildman–Crippen MR) is 80.5 cm³/mol. The lowest BCUT2D eigenvalue weighted by atomic mass is 10.2. The van der Waals surface area contributed by atoms with Crippen molar-refractivity contribution < 1.29 is 14.6 Å². The molecule has 2 rings (SSSR count). The Bertz CT molecular complexity index is 653. The molecule has 0 heterocycles. The van der Waals surface area contributed by atoms with Crippen LogP contribution in [0.15, 0.2) is 53.6 Å². The van der Waals surface area contributed by atoms with Gasteiger partial charge in [0.25, 0.3) is 5.91 Å². The number of amides is 1. The fourth-order valence-corrected chi connectivity index (χ4v) is 1.66. The van der Waals surface area contributed by atoms with Gasteiger partial charge >= 0.3 is 0 Å². The number of carbonyl (C=O) groups excluding carboxylic acids is 1. The highest BCUT2D eigenvalue weighted by Gasteiger charge is 2.01. The van der Waals surface area contributed by atoms with Crippen molar-refractivity contribution in [2.24, 2.45) is 5.10 Å². The van der Waals surface area contributed by atoms with E-state index in [0.29, 0.717) is 11.3 Å². The van der Waals surface area contributed by atoms with E-state index in [0.717, 1.165) is 5.56 Å². The number of phenolic OH excluding ortho intramolecular Hbond substituents is 1. The van der Waals surface area contributed by atoms with Crippen molar-refractivity contribution >= 4 is 12.1 Å². The van der Waals surface area contributed by atoms with Crippen LogP contribution >= 0.6 is 0 Å². The second-order valence-corrected chi connectivity index (χ2v) is 4.46. The molecule has 0 bridgehead atoms. The van der Waals surface area contributed by atoms with Crippen molar-refractivity contribution in [1.82, 2.24) is 5.43 Å². The molecule has 0 atom stereocenters. The number of phenols is 1. The minimum atomic E-state index is -0.372. The summed E-state index contributed by atoms with van der Waals surface area (Å²) in [5.74, 6) is 0.365. The van der Waals surface area contributed by atoms with Crippen molar-refractivity contribution in [3.8, 4) is 11.5 Å². The number of carbonyl (C=O) groups is 1. The number of nitrogens with zero attached hydrogens (tertiary/aromatic N) is 1. The summed E-state index contributed by atoms with van der Waals surface area (Å²) in [6.45, 7) is 1.82. The SMILES string of the molecule is Cc1cccc(OCC(=O)NN=Cc2ccccc2O)c1. The van der Waals surface area contributed by atoms with Crippen LogP contribution in [-0.4, -0.2) is 23.8 Å².